The molecule has 0 bridgehead atoms. The monoisotopic (exact) mass is 382 g/mol. The number of unbranched alkanes of at least 4 members (excludes halogenated alkanes) is 1. The first kappa shape index (κ1) is 18.4. The standard InChI is InChI=1S/C17H24Cl2N6/c1-13-11-20-17(21-12-13)24-9-7-23(8-10-24)5-3-4-6-25-14(2)22-15(18)16(25)19/h11-12H,3-10H2,1-2H3. The summed E-state index contributed by atoms with van der Waals surface area (Å²) >= 11 is 12.1. The van der Waals surface area contributed by atoms with Gasteiger partial charge in [-0.25, -0.2) is 15.0 Å². The molecule has 0 radical (unpaired) electrons. The van der Waals surface area contributed by atoms with E-state index in [1.807, 2.05) is 30.8 Å². The number of piperazine rings is 1. The van der Waals surface area contributed by atoms with E-state index in [0.717, 1.165) is 69.4 Å². The molecule has 3 rings (SSSR count). The van der Waals surface area contributed by atoms with Gasteiger partial charge in [-0.2, -0.15) is 0 Å². The minimum Gasteiger partial charge on any atom is -0.338 e. The lowest BCUT2D eigenvalue weighted by molar-refractivity contribution is 0.250. The van der Waals surface area contributed by atoms with Gasteiger partial charge in [-0.1, -0.05) is 23.2 Å². The van der Waals surface area contributed by atoms with Crippen molar-refractivity contribution in [2.75, 3.05) is 37.6 Å². The molecule has 0 atom stereocenters. The summed E-state index contributed by atoms with van der Waals surface area (Å²) in [5.74, 6) is 1.72. The van der Waals surface area contributed by atoms with Crippen molar-refractivity contribution in [3.63, 3.8) is 0 Å². The highest BCUT2D eigenvalue weighted by atomic mass is 35.5. The molecule has 1 fully saturated rings. The van der Waals surface area contributed by atoms with Crippen LogP contribution in [-0.4, -0.2) is 57.1 Å². The zero-order chi connectivity index (χ0) is 17.8. The van der Waals surface area contributed by atoms with Crippen molar-refractivity contribution >= 4 is 29.2 Å². The Morgan fingerprint density at radius 3 is 2.20 bits per heavy atom. The van der Waals surface area contributed by atoms with Gasteiger partial charge in [0, 0.05) is 45.1 Å². The van der Waals surface area contributed by atoms with Crippen LogP contribution in [0.25, 0.3) is 0 Å². The van der Waals surface area contributed by atoms with Crippen LogP contribution in [0.5, 0.6) is 0 Å². The van der Waals surface area contributed by atoms with Crippen LogP contribution in [0.1, 0.15) is 24.2 Å². The topological polar surface area (TPSA) is 50.1 Å². The van der Waals surface area contributed by atoms with Gasteiger partial charge in [-0.15, -0.1) is 0 Å². The summed E-state index contributed by atoms with van der Waals surface area (Å²) in [5, 5.41) is 0.944. The summed E-state index contributed by atoms with van der Waals surface area (Å²) in [5.41, 5.74) is 1.09. The molecule has 25 heavy (non-hydrogen) atoms. The first-order chi connectivity index (χ1) is 12.0. The van der Waals surface area contributed by atoms with Crippen molar-refractivity contribution in [1.82, 2.24) is 24.4 Å². The predicted octanol–water partition coefficient (Wildman–Crippen LogP) is 3.20. The van der Waals surface area contributed by atoms with Gasteiger partial charge in [0.25, 0.3) is 0 Å². The second-order valence-corrected chi connectivity index (χ2v) is 7.20. The third-order valence-electron chi connectivity index (χ3n) is 4.59. The van der Waals surface area contributed by atoms with Gasteiger partial charge in [0.2, 0.25) is 5.95 Å². The molecule has 2 aromatic rings. The molecule has 6 nitrogen and oxygen atoms in total. The van der Waals surface area contributed by atoms with Crippen LogP contribution in [0.2, 0.25) is 10.3 Å². The van der Waals surface area contributed by atoms with Gasteiger partial charge in [0.05, 0.1) is 0 Å². The van der Waals surface area contributed by atoms with Crippen LogP contribution in [0, 0.1) is 13.8 Å². The molecule has 1 aliphatic heterocycles. The van der Waals surface area contributed by atoms with E-state index in [1.54, 1.807) is 0 Å². The molecule has 8 heteroatoms. The Morgan fingerprint density at radius 2 is 1.60 bits per heavy atom. The Balaban J connectivity index is 1.39. The van der Waals surface area contributed by atoms with Crippen molar-refractivity contribution in [3.8, 4) is 0 Å². The third-order valence-corrected chi connectivity index (χ3v) is 5.33. The fourth-order valence-electron chi connectivity index (χ4n) is 3.09. The number of hydrogen-bond acceptors (Lipinski definition) is 5. The molecule has 3 heterocycles. The molecule has 0 aliphatic carbocycles. The Hall–Kier alpha value is -1.37. The van der Waals surface area contributed by atoms with Crippen molar-refractivity contribution in [1.29, 1.82) is 0 Å². The summed E-state index contributed by atoms with van der Waals surface area (Å²) < 4.78 is 1.98. The average molecular weight is 383 g/mol. The molecule has 2 aromatic heterocycles. The normalized spacial score (nSPS) is 15.8. The Labute approximate surface area is 158 Å². The number of rotatable bonds is 6. The first-order valence-electron chi connectivity index (χ1n) is 8.68. The van der Waals surface area contributed by atoms with Gasteiger partial charge in [0.15, 0.2) is 5.15 Å². The van der Waals surface area contributed by atoms with Crippen LogP contribution in [0.3, 0.4) is 0 Å². The second kappa shape index (κ2) is 8.34. The maximum absolute atomic E-state index is 6.17. The number of aryl methyl sites for hydroxylation is 2. The molecule has 0 unspecified atom stereocenters. The van der Waals surface area contributed by atoms with Crippen molar-refractivity contribution in [2.24, 2.45) is 0 Å². The summed E-state index contributed by atoms with van der Waals surface area (Å²) in [6, 6.07) is 0. The van der Waals surface area contributed by atoms with Crippen LogP contribution in [0.4, 0.5) is 5.95 Å². The zero-order valence-corrected chi connectivity index (χ0v) is 16.3. The lowest BCUT2D eigenvalue weighted by atomic mass is 10.2. The van der Waals surface area contributed by atoms with Crippen LogP contribution in [0.15, 0.2) is 12.4 Å². The second-order valence-electron chi connectivity index (χ2n) is 6.49. The molecular weight excluding hydrogens is 359 g/mol. The third kappa shape index (κ3) is 4.63. The van der Waals surface area contributed by atoms with E-state index in [4.69, 9.17) is 23.2 Å². The summed E-state index contributed by atoms with van der Waals surface area (Å²) in [6.07, 6.45) is 5.95. The number of imidazole rings is 1. The molecule has 1 saturated heterocycles. The fourth-order valence-corrected chi connectivity index (χ4v) is 3.56. The highest BCUT2D eigenvalue weighted by Gasteiger charge is 2.18. The molecule has 0 spiro atoms. The van der Waals surface area contributed by atoms with E-state index in [0.29, 0.717) is 10.3 Å². The maximum atomic E-state index is 6.17. The minimum atomic E-state index is 0.397. The van der Waals surface area contributed by atoms with E-state index >= 15 is 0 Å². The number of halogens is 2. The Kier molecular flexibility index (Phi) is 6.15. The van der Waals surface area contributed by atoms with Crippen molar-refractivity contribution < 1.29 is 0 Å². The van der Waals surface area contributed by atoms with Gasteiger partial charge in [-0.3, -0.25) is 4.90 Å². The highest BCUT2D eigenvalue weighted by Crippen LogP contribution is 2.23. The van der Waals surface area contributed by atoms with Crippen LogP contribution in [-0.2, 0) is 6.54 Å². The molecule has 0 N–H and O–H groups in total. The number of hydrogen-bond donors (Lipinski definition) is 0. The molecule has 0 aromatic carbocycles. The van der Waals surface area contributed by atoms with Gasteiger partial charge >= 0.3 is 0 Å². The summed E-state index contributed by atoms with van der Waals surface area (Å²) in [7, 11) is 0. The average Bonchev–Trinajstić information content (AvgIpc) is 2.86. The van der Waals surface area contributed by atoms with Crippen molar-refractivity contribution in [2.45, 2.75) is 33.2 Å². The van der Waals surface area contributed by atoms with E-state index in [2.05, 4.69) is 24.8 Å². The highest BCUT2D eigenvalue weighted by molar-refractivity contribution is 6.40. The molecule has 0 amide bonds. The smallest absolute Gasteiger partial charge is 0.225 e. The minimum absolute atomic E-state index is 0.397. The van der Waals surface area contributed by atoms with E-state index in [1.165, 1.54) is 0 Å². The van der Waals surface area contributed by atoms with Gasteiger partial charge < -0.3 is 9.47 Å². The Morgan fingerprint density at radius 1 is 0.960 bits per heavy atom. The van der Waals surface area contributed by atoms with Gasteiger partial charge in [0.1, 0.15) is 11.0 Å². The fraction of sp³-hybridized carbons (Fsp3) is 0.588. The maximum Gasteiger partial charge on any atom is 0.225 e. The van der Waals surface area contributed by atoms with Gasteiger partial charge in [-0.05, 0) is 38.8 Å². The first-order valence-corrected chi connectivity index (χ1v) is 9.44. The molecule has 0 saturated carbocycles. The van der Waals surface area contributed by atoms with E-state index in [9.17, 15) is 0 Å². The van der Waals surface area contributed by atoms with E-state index < -0.39 is 0 Å². The largest absolute Gasteiger partial charge is 0.338 e. The van der Waals surface area contributed by atoms with Crippen LogP contribution >= 0.6 is 23.2 Å². The lowest BCUT2D eigenvalue weighted by Gasteiger charge is -2.34. The molecule has 136 valence electrons. The summed E-state index contributed by atoms with van der Waals surface area (Å²) in [4.78, 5) is 17.8. The van der Waals surface area contributed by atoms with E-state index in [-0.39, 0.29) is 0 Å². The van der Waals surface area contributed by atoms with Crippen LogP contribution < -0.4 is 4.90 Å². The number of anilines is 1. The quantitative estimate of drug-likeness (QED) is 0.717. The predicted molar refractivity (Wildman–Crippen MR) is 102 cm³/mol. The molecular formula is C17H24Cl2N6. The molecule has 1 aliphatic rings. The summed E-state index contributed by atoms with van der Waals surface area (Å²) in [6.45, 7) is 9.96. The number of aromatic nitrogens is 4. The van der Waals surface area contributed by atoms with Crippen molar-refractivity contribution in [3.05, 3.63) is 34.1 Å². The Bertz CT molecular complexity index is 692. The lowest BCUT2D eigenvalue weighted by Crippen LogP contribution is -2.47. The zero-order valence-electron chi connectivity index (χ0n) is 14.8. The number of nitrogens with zero attached hydrogens (tertiary/aromatic N) is 6. The SMILES string of the molecule is Cc1cnc(N2CCN(CCCCn3c(C)nc(Cl)c3Cl)CC2)nc1.